The van der Waals surface area contributed by atoms with Crippen molar-refractivity contribution in [3.8, 4) is 5.75 Å². The minimum atomic E-state index is -3.98. The van der Waals surface area contributed by atoms with E-state index in [-0.39, 0.29) is 10.5 Å². The van der Waals surface area contributed by atoms with Gasteiger partial charge in [-0.25, -0.2) is 17.2 Å². The number of hydrogen-bond donors (Lipinski definition) is 1. The summed E-state index contributed by atoms with van der Waals surface area (Å²) in [5, 5.41) is 0. The van der Waals surface area contributed by atoms with Gasteiger partial charge in [0.1, 0.15) is 5.75 Å². The van der Waals surface area contributed by atoms with Gasteiger partial charge in [-0.3, -0.25) is 9.52 Å². The molecule has 3 aromatic carbocycles. The van der Waals surface area contributed by atoms with Crippen molar-refractivity contribution in [3.05, 3.63) is 89.0 Å². The average molecular weight is 475 g/mol. The SMILES string of the molecule is COc1ccc(NS(=O)(=O)c2cc(C(=O)N(C)C(C)c3ccc(F)c(F)c3)ccc2C)cc1. The van der Waals surface area contributed by atoms with Crippen molar-refractivity contribution < 1.29 is 26.7 Å². The Kier molecular flexibility index (Phi) is 7.02. The van der Waals surface area contributed by atoms with E-state index in [1.165, 1.54) is 37.3 Å². The topological polar surface area (TPSA) is 75.7 Å². The summed E-state index contributed by atoms with van der Waals surface area (Å²) in [5.41, 5.74) is 1.36. The molecule has 0 heterocycles. The number of carbonyl (C=O) groups excluding carboxylic acids is 1. The van der Waals surface area contributed by atoms with E-state index in [4.69, 9.17) is 4.74 Å². The van der Waals surface area contributed by atoms with E-state index in [1.54, 1.807) is 44.2 Å². The molecule has 0 aromatic heterocycles. The number of aryl methyl sites for hydroxylation is 1. The number of sulfonamides is 1. The van der Waals surface area contributed by atoms with Crippen LogP contribution in [0.3, 0.4) is 0 Å². The van der Waals surface area contributed by atoms with Crippen molar-refractivity contribution in [3.63, 3.8) is 0 Å². The first-order valence-corrected chi connectivity index (χ1v) is 11.5. The lowest BCUT2D eigenvalue weighted by Crippen LogP contribution is -2.30. The lowest BCUT2D eigenvalue weighted by Gasteiger charge is -2.26. The van der Waals surface area contributed by atoms with Crippen LogP contribution in [0.4, 0.5) is 14.5 Å². The monoisotopic (exact) mass is 474 g/mol. The summed E-state index contributed by atoms with van der Waals surface area (Å²) in [6.45, 7) is 3.30. The predicted octanol–water partition coefficient (Wildman–Crippen LogP) is 4.92. The standard InChI is InChI=1S/C24H24F2N2O4S/c1-15-5-6-18(24(29)28(3)16(2)17-7-12-21(25)22(26)13-17)14-23(15)33(30,31)27-19-8-10-20(32-4)11-9-19/h5-14,16,27H,1-4H3. The molecule has 3 rings (SSSR count). The molecule has 0 aliphatic carbocycles. The van der Waals surface area contributed by atoms with Crippen molar-refractivity contribution in [2.75, 3.05) is 18.9 Å². The van der Waals surface area contributed by atoms with Crippen LogP contribution in [0.25, 0.3) is 0 Å². The Morgan fingerprint density at radius 2 is 1.67 bits per heavy atom. The number of benzene rings is 3. The van der Waals surface area contributed by atoms with Gasteiger partial charge in [0, 0.05) is 18.3 Å². The molecule has 6 nitrogen and oxygen atoms in total. The Morgan fingerprint density at radius 3 is 2.27 bits per heavy atom. The third-order valence-corrected chi connectivity index (χ3v) is 6.92. The van der Waals surface area contributed by atoms with E-state index in [0.717, 1.165) is 12.1 Å². The fraction of sp³-hybridized carbons (Fsp3) is 0.208. The van der Waals surface area contributed by atoms with E-state index >= 15 is 0 Å². The normalized spacial score (nSPS) is 12.2. The van der Waals surface area contributed by atoms with Gasteiger partial charge in [0.25, 0.3) is 15.9 Å². The summed E-state index contributed by atoms with van der Waals surface area (Å²) in [5.74, 6) is -1.86. The summed E-state index contributed by atoms with van der Waals surface area (Å²) in [7, 11) is -0.960. The second-order valence-electron chi connectivity index (χ2n) is 7.58. The molecule has 1 unspecified atom stereocenters. The minimum absolute atomic E-state index is 0.0435. The summed E-state index contributed by atoms with van der Waals surface area (Å²) >= 11 is 0. The number of amides is 1. The number of rotatable bonds is 7. The molecule has 1 N–H and O–H groups in total. The lowest BCUT2D eigenvalue weighted by molar-refractivity contribution is 0.0742. The third-order valence-electron chi connectivity index (χ3n) is 5.39. The van der Waals surface area contributed by atoms with Crippen LogP contribution in [0.1, 0.15) is 34.5 Å². The Hall–Kier alpha value is -3.46. The highest BCUT2D eigenvalue weighted by molar-refractivity contribution is 7.92. The summed E-state index contributed by atoms with van der Waals surface area (Å²) < 4.78 is 60.4. The van der Waals surface area contributed by atoms with Crippen LogP contribution in [0.15, 0.2) is 65.6 Å². The molecule has 0 spiro atoms. The molecule has 0 aliphatic rings. The van der Waals surface area contributed by atoms with Crippen LogP contribution in [0.5, 0.6) is 5.75 Å². The Bertz CT molecular complexity index is 1280. The maximum Gasteiger partial charge on any atom is 0.262 e. The van der Waals surface area contributed by atoms with Gasteiger partial charge in [0.2, 0.25) is 0 Å². The highest BCUT2D eigenvalue weighted by Crippen LogP contribution is 2.26. The molecular weight excluding hydrogens is 450 g/mol. The van der Waals surface area contributed by atoms with Crippen molar-refractivity contribution in [1.82, 2.24) is 4.90 Å². The molecule has 174 valence electrons. The second kappa shape index (κ2) is 9.58. The van der Waals surface area contributed by atoms with Crippen molar-refractivity contribution in [1.29, 1.82) is 0 Å². The molecule has 1 amide bonds. The van der Waals surface area contributed by atoms with Gasteiger partial charge in [-0.15, -0.1) is 0 Å². The fourth-order valence-electron chi connectivity index (χ4n) is 3.27. The number of hydrogen-bond acceptors (Lipinski definition) is 4. The Labute approximate surface area is 191 Å². The number of anilines is 1. The molecule has 0 radical (unpaired) electrons. The van der Waals surface area contributed by atoms with Crippen LogP contribution in [-0.2, 0) is 10.0 Å². The first kappa shape index (κ1) is 24.2. The van der Waals surface area contributed by atoms with E-state index in [1.807, 2.05) is 0 Å². The van der Waals surface area contributed by atoms with Crippen LogP contribution in [0, 0.1) is 18.6 Å². The molecule has 0 saturated carbocycles. The third kappa shape index (κ3) is 5.31. The van der Waals surface area contributed by atoms with Gasteiger partial charge >= 0.3 is 0 Å². The van der Waals surface area contributed by atoms with Crippen LogP contribution < -0.4 is 9.46 Å². The highest BCUT2D eigenvalue weighted by Gasteiger charge is 2.24. The minimum Gasteiger partial charge on any atom is -0.497 e. The summed E-state index contributed by atoms with van der Waals surface area (Å²) in [6, 6.07) is 13.6. The van der Waals surface area contributed by atoms with Crippen molar-refractivity contribution in [2.24, 2.45) is 0 Å². The van der Waals surface area contributed by atoms with E-state index in [9.17, 15) is 22.0 Å². The van der Waals surface area contributed by atoms with E-state index in [0.29, 0.717) is 22.6 Å². The quantitative estimate of drug-likeness (QED) is 0.528. The van der Waals surface area contributed by atoms with Gasteiger partial charge < -0.3 is 9.64 Å². The zero-order chi connectivity index (χ0) is 24.3. The number of ether oxygens (including phenoxy) is 1. The molecular formula is C24H24F2N2O4S. The number of methoxy groups -OCH3 is 1. The summed E-state index contributed by atoms with van der Waals surface area (Å²) in [6.07, 6.45) is 0. The Morgan fingerprint density at radius 1 is 1.00 bits per heavy atom. The molecule has 9 heteroatoms. The summed E-state index contributed by atoms with van der Waals surface area (Å²) in [4.78, 5) is 14.4. The number of halogens is 2. The molecule has 0 aliphatic heterocycles. The lowest BCUT2D eigenvalue weighted by atomic mass is 10.1. The van der Waals surface area contributed by atoms with Crippen LogP contribution >= 0.6 is 0 Å². The second-order valence-corrected chi connectivity index (χ2v) is 9.23. The predicted molar refractivity (Wildman–Crippen MR) is 122 cm³/mol. The van der Waals surface area contributed by atoms with Gasteiger partial charge in [0.15, 0.2) is 11.6 Å². The molecule has 0 fully saturated rings. The molecule has 1 atom stereocenters. The molecule has 3 aromatic rings. The maximum atomic E-state index is 13.6. The number of carbonyl (C=O) groups is 1. The van der Waals surface area contributed by atoms with Gasteiger partial charge in [-0.05, 0) is 73.5 Å². The fourth-order valence-corrected chi connectivity index (χ4v) is 4.60. The van der Waals surface area contributed by atoms with Crippen molar-refractivity contribution in [2.45, 2.75) is 24.8 Å². The number of nitrogens with zero attached hydrogens (tertiary/aromatic N) is 1. The maximum absolute atomic E-state index is 13.6. The largest absolute Gasteiger partial charge is 0.497 e. The number of nitrogens with one attached hydrogen (secondary N) is 1. The molecule has 33 heavy (non-hydrogen) atoms. The zero-order valence-corrected chi connectivity index (χ0v) is 19.4. The smallest absolute Gasteiger partial charge is 0.262 e. The zero-order valence-electron chi connectivity index (χ0n) is 18.6. The molecule has 0 saturated heterocycles. The van der Waals surface area contributed by atoms with E-state index in [2.05, 4.69) is 4.72 Å². The van der Waals surface area contributed by atoms with Gasteiger partial charge in [-0.2, -0.15) is 0 Å². The van der Waals surface area contributed by atoms with Crippen LogP contribution in [-0.4, -0.2) is 33.4 Å². The van der Waals surface area contributed by atoms with Gasteiger partial charge in [-0.1, -0.05) is 12.1 Å². The van der Waals surface area contributed by atoms with Gasteiger partial charge in [0.05, 0.1) is 18.0 Å². The van der Waals surface area contributed by atoms with E-state index < -0.39 is 33.6 Å². The average Bonchev–Trinajstić information content (AvgIpc) is 2.80. The molecule has 0 bridgehead atoms. The first-order valence-electron chi connectivity index (χ1n) is 10.0. The Balaban J connectivity index is 1.87. The van der Waals surface area contributed by atoms with Crippen molar-refractivity contribution >= 4 is 21.6 Å². The van der Waals surface area contributed by atoms with Crippen LogP contribution in [0.2, 0.25) is 0 Å². The highest BCUT2D eigenvalue weighted by atomic mass is 32.2. The first-order chi connectivity index (χ1) is 15.5.